The van der Waals surface area contributed by atoms with Gasteiger partial charge in [-0.3, -0.25) is 0 Å². The van der Waals surface area contributed by atoms with Gasteiger partial charge in [0.25, 0.3) is 0 Å². The van der Waals surface area contributed by atoms with Crippen LogP contribution in [0.3, 0.4) is 0 Å². The van der Waals surface area contributed by atoms with Gasteiger partial charge >= 0.3 is 6.03 Å². The molecule has 0 aliphatic rings. The average molecular weight is 307 g/mol. The number of rotatable bonds is 7. The minimum Gasteiger partial charge on any atom is -0.338 e. The van der Waals surface area contributed by atoms with Crippen LogP contribution in [0.4, 0.5) is 4.79 Å². The number of thiazole rings is 1. The summed E-state index contributed by atoms with van der Waals surface area (Å²) in [7, 11) is 0. The Morgan fingerprint density at radius 1 is 1.48 bits per heavy atom. The molecular formula is C14H21N5OS. The van der Waals surface area contributed by atoms with Crippen LogP contribution >= 0.6 is 11.3 Å². The van der Waals surface area contributed by atoms with Crippen molar-refractivity contribution >= 4 is 17.4 Å². The molecule has 0 aromatic carbocycles. The first-order chi connectivity index (χ1) is 10.1. The van der Waals surface area contributed by atoms with Gasteiger partial charge in [0.2, 0.25) is 0 Å². The zero-order chi connectivity index (χ0) is 15.1. The number of aromatic nitrogens is 3. The topological polar surface area (TPSA) is 71.8 Å². The molecule has 2 aromatic heterocycles. The fourth-order valence-electron chi connectivity index (χ4n) is 1.94. The normalized spacial score (nSPS) is 12.1. The molecule has 21 heavy (non-hydrogen) atoms. The van der Waals surface area contributed by atoms with E-state index in [1.165, 1.54) is 0 Å². The molecule has 2 heterocycles. The predicted molar refractivity (Wildman–Crippen MR) is 83.3 cm³/mol. The molecule has 0 radical (unpaired) electrons. The first kappa shape index (κ1) is 15.5. The standard InChI is InChI=1S/C14H21N5OS/c1-11(13-9-21-12(2)18-13)17-14(20)16-5-3-4-7-19-8-6-15-10-19/h6,8-11H,3-5,7H2,1-2H3,(H2,16,17,20). The Morgan fingerprint density at radius 2 is 2.33 bits per heavy atom. The Bertz CT molecular complexity index is 551. The molecule has 2 N–H and O–H groups in total. The number of unbranched alkanes of at least 4 members (excludes halogenated alkanes) is 1. The quantitative estimate of drug-likeness (QED) is 0.772. The Morgan fingerprint density at radius 3 is 3.00 bits per heavy atom. The Kier molecular flexibility index (Phi) is 5.74. The number of aryl methyl sites for hydroxylation is 2. The molecular weight excluding hydrogens is 286 g/mol. The maximum atomic E-state index is 11.8. The molecule has 0 saturated carbocycles. The second-order valence-corrected chi connectivity index (χ2v) is 5.98. The van der Waals surface area contributed by atoms with E-state index in [1.807, 2.05) is 30.0 Å². The highest BCUT2D eigenvalue weighted by molar-refractivity contribution is 7.09. The van der Waals surface area contributed by atoms with Gasteiger partial charge in [0.15, 0.2) is 0 Å². The highest BCUT2D eigenvalue weighted by Crippen LogP contribution is 2.15. The molecule has 2 amide bonds. The zero-order valence-corrected chi connectivity index (χ0v) is 13.2. The Hall–Kier alpha value is -1.89. The largest absolute Gasteiger partial charge is 0.338 e. The van der Waals surface area contributed by atoms with Gasteiger partial charge in [-0.15, -0.1) is 11.3 Å². The second-order valence-electron chi connectivity index (χ2n) is 4.92. The molecule has 2 aromatic rings. The molecule has 0 saturated heterocycles. The van der Waals surface area contributed by atoms with Gasteiger partial charge in [0.05, 0.1) is 23.1 Å². The van der Waals surface area contributed by atoms with Gasteiger partial charge < -0.3 is 15.2 Å². The van der Waals surface area contributed by atoms with Crippen LogP contribution in [-0.2, 0) is 6.54 Å². The van der Waals surface area contributed by atoms with Crippen molar-refractivity contribution in [3.05, 3.63) is 34.8 Å². The average Bonchev–Trinajstić information content (AvgIpc) is 3.09. The van der Waals surface area contributed by atoms with Crippen LogP contribution in [0.15, 0.2) is 24.1 Å². The molecule has 2 rings (SSSR count). The highest BCUT2D eigenvalue weighted by atomic mass is 32.1. The van der Waals surface area contributed by atoms with Crippen LogP contribution in [0.25, 0.3) is 0 Å². The number of imidazole rings is 1. The summed E-state index contributed by atoms with van der Waals surface area (Å²) < 4.78 is 2.03. The molecule has 6 nitrogen and oxygen atoms in total. The minimum absolute atomic E-state index is 0.0686. The predicted octanol–water partition coefficient (Wildman–Crippen LogP) is 2.49. The number of nitrogens with one attached hydrogen (secondary N) is 2. The number of amides is 2. The summed E-state index contributed by atoms with van der Waals surface area (Å²) in [6, 6.07) is -0.211. The molecule has 0 aliphatic carbocycles. The maximum Gasteiger partial charge on any atom is 0.315 e. The molecule has 1 unspecified atom stereocenters. The third kappa shape index (κ3) is 5.18. The van der Waals surface area contributed by atoms with E-state index in [1.54, 1.807) is 23.9 Å². The smallest absolute Gasteiger partial charge is 0.315 e. The fourth-order valence-corrected chi connectivity index (χ4v) is 2.65. The fraction of sp³-hybridized carbons (Fsp3) is 0.500. The summed E-state index contributed by atoms with van der Waals surface area (Å²) in [4.78, 5) is 20.1. The lowest BCUT2D eigenvalue weighted by Gasteiger charge is -2.12. The van der Waals surface area contributed by atoms with Gasteiger partial charge in [-0.05, 0) is 26.7 Å². The number of urea groups is 1. The summed E-state index contributed by atoms with van der Waals surface area (Å²) in [6.45, 7) is 5.50. The first-order valence-electron chi connectivity index (χ1n) is 7.07. The summed E-state index contributed by atoms with van der Waals surface area (Å²) in [5, 5.41) is 8.75. The summed E-state index contributed by atoms with van der Waals surface area (Å²) in [5.41, 5.74) is 0.910. The van der Waals surface area contributed by atoms with Crippen LogP contribution < -0.4 is 10.6 Å². The van der Waals surface area contributed by atoms with Crippen LogP contribution in [0.5, 0.6) is 0 Å². The van der Waals surface area contributed by atoms with E-state index in [-0.39, 0.29) is 12.1 Å². The Labute approximate surface area is 128 Å². The van der Waals surface area contributed by atoms with Gasteiger partial charge in [0, 0.05) is 30.9 Å². The zero-order valence-electron chi connectivity index (χ0n) is 12.4. The summed E-state index contributed by atoms with van der Waals surface area (Å²) in [5.74, 6) is 0. The number of carbonyl (C=O) groups excluding carboxylic acids is 1. The lowest BCUT2D eigenvalue weighted by Crippen LogP contribution is -2.37. The van der Waals surface area contributed by atoms with Crippen LogP contribution in [0.1, 0.15) is 36.5 Å². The summed E-state index contributed by atoms with van der Waals surface area (Å²) in [6.07, 6.45) is 7.47. The van der Waals surface area contributed by atoms with E-state index >= 15 is 0 Å². The maximum absolute atomic E-state index is 11.8. The van der Waals surface area contributed by atoms with Crippen molar-refractivity contribution in [1.82, 2.24) is 25.2 Å². The van der Waals surface area contributed by atoms with Gasteiger partial charge in [-0.25, -0.2) is 14.8 Å². The van der Waals surface area contributed by atoms with Crippen LogP contribution in [0, 0.1) is 6.92 Å². The Balaban J connectivity index is 1.59. The van der Waals surface area contributed by atoms with E-state index in [0.29, 0.717) is 6.54 Å². The molecule has 114 valence electrons. The molecule has 0 spiro atoms. The monoisotopic (exact) mass is 307 g/mol. The highest BCUT2D eigenvalue weighted by Gasteiger charge is 2.11. The number of carbonyl (C=O) groups is 1. The van der Waals surface area contributed by atoms with Crippen molar-refractivity contribution < 1.29 is 4.79 Å². The number of hydrogen-bond acceptors (Lipinski definition) is 4. The van der Waals surface area contributed by atoms with Gasteiger partial charge in [-0.1, -0.05) is 0 Å². The van der Waals surface area contributed by atoms with E-state index in [4.69, 9.17) is 0 Å². The molecule has 0 fully saturated rings. The van der Waals surface area contributed by atoms with Crippen molar-refractivity contribution in [2.75, 3.05) is 6.54 Å². The molecule has 0 bridgehead atoms. The molecule has 7 heteroatoms. The van der Waals surface area contributed by atoms with E-state index < -0.39 is 0 Å². The number of hydrogen-bond donors (Lipinski definition) is 2. The van der Waals surface area contributed by atoms with Gasteiger partial charge in [-0.2, -0.15) is 0 Å². The van der Waals surface area contributed by atoms with Crippen molar-refractivity contribution in [2.45, 2.75) is 39.3 Å². The SMILES string of the molecule is Cc1nc(C(C)NC(=O)NCCCCn2ccnc2)cs1. The summed E-state index contributed by atoms with van der Waals surface area (Å²) >= 11 is 1.59. The third-order valence-electron chi connectivity index (χ3n) is 3.12. The van der Waals surface area contributed by atoms with Crippen molar-refractivity contribution in [3.8, 4) is 0 Å². The first-order valence-corrected chi connectivity index (χ1v) is 7.95. The minimum atomic E-state index is -0.143. The lowest BCUT2D eigenvalue weighted by atomic mass is 10.2. The van der Waals surface area contributed by atoms with Crippen LogP contribution in [-0.4, -0.2) is 27.1 Å². The lowest BCUT2D eigenvalue weighted by molar-refractivity contribution is 0.237. The van der Waals surface area contributed by atoms with Crippen molar-refractivity contribution in [2.24, 2.45) is 0 Å². The van der Waals surface area contributed by atoms with E-state index in [9.17, 15) is 4.79 Å². The van der Waals surface area contributed by atoms with Gasteiger partial charge in [0.1, 0.15) is 0 Å². The number of nitrogens with zero attached hydrogens (tertiary/aromatic N) is 3. The van der Waals surface area contributed by atoms with Crippen molar-refractivity contribution in [1.29, 1.82) is 0 Å². The molecule has 0 aliphatic heterocycles. The van der Waals surface area contributed by atoms with Crippen LogP contribution in [0.2, 0.25) is 0 Å². The third-order valence-corrected chi connectivity index (χ3v) is 3.91. The molecule has 1 atom stereocenters. The second kappa shape index (κ2) is 7.78. The van der Waals surface area contributed by atoms with E-state index in [0.717, 1.165) is 30.1 Å². The van der Waals surface area contributed by atoms with Crippen molar-refractivity contribution in [3.63, 3.8) is 0 Å². The van der Waals surface area contributed by atoms with E-state index in [2.05, 4.69) is 20.6 Å².